The highest BCUT2D eigenvalue weighted by Crippen LogP contribution is 2.23. The zero-order valence-electron chi connectivity index (χ0n) is 25.6. The highest BCUT2D eigenvalue weighted by molar-refractivity contribution is 7.92. The van der Waals surface area contributed by atoms with Gasteiger partial charge in [0.15, 0.2) is 11.5 Å². The van der Waals surface area contributed by atoms with Crippen molar-refractivity contribution in [2.75, 3.05) is 16.7 Å². The summed E-state index contributed by atoms with van der Waals surface area (Å²) >= 11 is 0. The van der Waals surface area contributed by atoms with E-state index in [4.69, 9.17) is 10.7 Å². The standard InChI is InChI=1S/C34H27N9O4S/c1-21(39-33(44)30-31(35)38-20-28(40-30)24-17-25(19-37-18-24)42-48(2,46)47)32-41-27-10-6-7-23(12-11-22-13-15-36-16-14-22)29(27)34(45)43(32)26-8-4-3-5-9-26/h3-10,13-21,42H,1-2H3,(H2,35,38)(H,39,44)/t21-/m0/s1. The molecule has 1 amide bonds. The van der Waals surface area contributed by atoms with Crippen LogP contribution in [0.15, 0.2) is 103 Å². The summed E-state index contributed by atoms with van der Waals surface area (Å²) in [6, 6.07) is 18.5. The maximum atomic E-state index is 14.3. The van der Waals surface area contributed by atoms with Crippen molar-refractivity contribution in [3.63, 3.8) is 0 Å². The molecule has 238 valence electrons. The minimum absolute atomic E-state index is 0.133. The van der Waals surface area contributed by atoms with E-state index in [1.165, 1.54) is 29.2 Å². The van der Waals surface area contributed by atoms with E-state index in [9.17, 15) is 18.0 Å². The molecule has 4 N–H and O–H groups in total. The van der Waals surface area contributed by atoms with Gasteiger partial charge in [-0.3, -0.25) is 28.8 Å². The largest absolute Gasteiger partial charge is 0.382 e. The van der Waals surface area contributed by atoms with Gasteiger partial charge in [-0.1, -0.05) is 36.1 Å². The zero-order valence-corrected chi connectivity index (χ0v) is 26.4. The molecule has 0 radical (unpaired) electrons. The molecule has 0 unspecified atom stereocenters. The number of fused-ring (bicyclic) bond motifs is 1. The molecule has 0 saturated carbocycles. The Morgan fingerprint density at radius 3 is 2.46 bits per heavy atom. The summed E-state index contributed by atoms with van der Waals surface area (Å²) in [6.07, 6.45) is 8.44. The van der Waals surface area contributed by atoms with Gasteiger partial charge in [0.1, 0.15) is 5.82 Å². The number of anilines is 2. The number of sulfonamides is 1. The maximum absolute atomic E-state index is 14.3. The second-order valence-electron chi connectivity index (χ2n) is 10.7. The number of pyridine rings is 2. The summed E-state index contributed by atoms with van der Waals surface area (Å²) in [5, 5.41) is 3.18. The first-order chi connectivity index (χ1) is 23.1. The average molecular weight is 658 g/mol. The third-order valence-corrected chi connectivity index (χ3v) is 7.65. The van der Waals surface area contributed by atoms with Crippen molar-refractivity contribution in [3.8, 4) is 28.8 Å². The van der Waals surface area contributed by atoms with Crippen molar-refractivity contribution >= 4 is 38.3 Å². The molecule has 0 aliphatic heterocycles. The number of hydrogen-bond acceptors (Lipinski definition) is 10. The van der Waals surface area contributed by atoms with Crippen LogP contribution >= 0.6 is 0 Å². The molecule has 2 aromatic carbocycles. The van der Waals surface area contributed by atoms with Crippen LogP contribution in [0.25, 0.3) is 27.8 Å². The molecular weight excluding hydrogens is 631 g/mol. The highest BCUT2D eigenvalue weighted by atomic mass is 32.2. The van der Waals surface area contributed by atoms with Crippen LogP contribution in [0.5, 0.6) is 0 Å². The summed E-state index contributed by atoms with van der Waals surface area (Å²) in [5.41, 5.74) is 8.56. The molecule has 0 fully saturated rings. The molecule has 0 saturated heterocycles. The SMILES string of the molecule is C[C@H](NC(=O)c1nc(-c2cncc(NS(C)(=O)=O)c2)cnc1N)c1nc2cccc(C#Cc3ccncc3)c2c(=O)n1-c1ccccc1. The van der Waals surface area contributed by atoms with Gasteiger partial charge in [0, 0.05) is 35.3 Å². The van der Waals surface area contributed by atoms with Crippen molar-refractivity contribution in [2.24, 2.45) is 0 Å². The summed E-state index contributed by atoms with van der Waals surface area (Å²) in [7, 11) is -3.55. The van der Waals surface area contributed by atoms with Crippen LogP contribution in [-0.4, -0.2) is 50.1 Å². The molecule has 14 heteroatoms. The highest BCUT2D eigenvalue weighted by Gasteiger charge is 2.23. The van der Waals surface area contributed by atoms with Crippen molar-refractivity contribution in [3.05, 3.63) is 131 Å². The molecule has 6 aromatic rings. The molecular formula is C34H27N9O4S. The number of hydrogen-bond donors (Lipinski definition) is 3. The summed E-state index contributed by atoms with van der Waals surface area (Å²) in [6.45, 7) is 1.69. The number of nitrogens with two attached hydrogens (primary N) is 1. The van der Waals surface area contributed by atoms with Gasteiger partial charge < -0.3 is 11.1 Å². The first-order valence-corrected chi connectivity index (χ1v) is 16.4. The van der Waals surface area contributed by atoms with Gasteiger partial charge in [-0.25, -0.2) is 23.4 Å². The van der Waals surface area contributed by atoms with Gasteiger partial charge in [0.2, 0.25) is 10.0 Å². The number of carbonyl (C=O) groups is 1. The number of nitrogens with one attached hydrogen (secondary N) is 2. The van der Waals surface area contributed by atoms with Crippen LogP contribution in [0.3, 0.4) is 0 Å². The van der Waals surface area contributed by atoms with E-state index in [0.29, 0.717) is 27.7 Å². The lowest BCUT2D eigenvalue weighted by atomic mass is 10.1. The second-order valence-corrected chi connectivity index (χ2v) is 12.4. The number of carbonyl (C=O) groups excluding carboxylic acids is 1. The van der Waals surface area contributed by atoms with E-state index in [-0.39, 0.29) is 34.3 Å². The zero-order chi connectivity index (χ0) is 33.8. The van der Waals surface area contributed by atoms with E-state index >= 15 is 0 Å². The molecule has 0 aliphatic carbocycles. The van der Waals surface area contributed by atoms with Crippen LogP contribution in [-0.2, 0) is 10.0 Å². The molecule has 48 heavy (non-hydrogen) atoms. The lowest BCUT2D eigenvalue weighted by Gasteiger charge is -2.20. The van der Waals surface area contributed by atoms with Gasteiger partial charge in [-0.15, -0.1) is 0 Å². The van der Waals surface area contributed by atoms with Crippen molar-refractivity contribution in [2.45, 2.75) is 13.0 Å². The second kappa shape index (κ2) is 13.1. The maximum Gasteiger partial charge on any atom is 0.274 e. The Kier molecular flexibility index (Phi) is 8.61. The Morgan fingerprint density at radius 1 is 0.938 bits per heavy atom. The number of aromatic nitrogens is 6. The predicted molar refractivity (Wildman–Crippen MR) is 182 cm³/mol. The van der Waals surface area contributed by atoms with Crippen LogP contribution < -0.4 is 21.3 Å². The Bertz CT molecular complexity index is 2410. The fraction of sp³-hybridized carbons (Fsp3) is 0.0882. The molecule has 1 atom stereocenters. The minimum atomic E-state index is -3.55. The normalized spacial score (nSPS) is 11.7. The number of rotatable bonds is 7. The average Bonchev–Trinajstić information content (AvgIpc) is 3.07. The molecule has 4 aromatic heterocycles. The third-order valence-electron chi connectivity index (χ3n) is 7.05. The lowest BCUT2D eigenvalue weighted by molar-refractivity contribution is 0.0933. The fourth-order valence-corrected chi connectivity index (χ4v) is 5.47. The number of benzene rings is 2. The minimum Gasteiger partial charge on any atom is -0.382 e. The van der Waals surface area contributed by atoms with Crippen LogP contribution in [0, 0.1) is 11.8 Å². The number of nitrogens with zero attached hydrogens (tertiary/aromatic N) is 6. The van der Waals surface area contributed by atoms with Crippen LogP contribution in [0.1, 0.15) is 40.4 Å². The molecule has 4 heterocycles. The molecule has 0 spiro atoms. The van der Waals surface area contributed by atoms with Crippen molar-refractivity contribution in [1.29, 1.82) is 0 Å². The quantitative estimate of drug-likeness (QED) is 0.215. The summed E-state index contributed by atoms with van der Waals surface area (Å²) in [5.74, 6) is 5.63. The van der Waals surface area contributed by atoms with E-state index in [2.05, 4.69) is 41.8 Å². The number of para-hydroxylation sites is 1. The topological polar surface area (TPSA) is 188 Å². The van der Waals surface area contributed by atoms with Gasteiger partial charge in [0.05, 0.1) is 52.7 Å². The van der Waals surface area contributed by atoms with Gasteiger partial charge in [-0.05, 0) is 49.4 Å². The fourth-order valence-electron chi connectivity index (χ4n) is 4.93. The lowest BCUT2D eigenvalue weighted by Crippen LogP contribution is -2.34. The number of amides is 1. The summed E-state index contributed by atoms with van der Waals surface area (Å²) in [4.78, 5) is 49.3. The van der Waals surface area contributed by atoms with E-state index in [0.717, 1.165) is 11.8 Å². The molecule has 0 aliphatic rings. The van der Waals surface area contributed by atoms with Gasteiger partial charge >= 0.3 is 0 Å². The van der Waals surface area contributed by atoms with E-state index in [1.807, 2.05) is 6.07 Å². The van der Waals surface area contributed by atoms with Crippen LogP contribution in [0.4, 0.5) is 11.5 Å². The Hall–Kier alpha value is -6.46. The van der Waals surface area contributed by atoms with E-state index < -0.39 is 22.0 Å². The Labute approximate surface area is 275 Å². The molecule has 13 nitrogen and oxygen atoms in total. The first-order valence-electron chi connectivity index (χ1n) is 14.5. The first kappa shape index (κ1) is 31.5. The predicted octanol–water partition coefficient (Wildman–Crippen LogP) is 3.48. The molecule has 6 rings (SSSR count). The monoisotopic (exact) mass is 657 g/mol. The van der Waals surface area contributed by atoms with Crippen molar-refractivity contribution in [1.82, 2.24) is 34.8 Å². The Morgan fingerprint density at radius 2 is 1.71 bits per heavy atom. The molecule has 0 bridgehead atoms. The third kappa shape index (κ3) is 6.86. The van der Waals surface area contributed by atoms with E-state index in [1.54, 1.807) is 73.9 Å². The Balaban J connectivity index is 1.39. The summed E-state index contributed by atoms with van der Waals surface area (Å²) < 4.78 is 27.2. The van der Waals surface area contributed by atoms with Gasteiger partial charge in [0.25, 0.3) is 11.5 Å². The smallest absolute Gasteiger partial charge is 0.274 e. The van der Waals surface area contributed by atoms with Crippen molar-refractivity contribution < 1.29 is 13.2 Å². The van der Waals surface area contributed by atoms with Gasteiger partial charge in [-0.2, -0.15) is 0 Å². The number of nitrogen functional groups attached to an aromatic ring is 1. The van der Waals surface area contributed by atoms with Crippen LogP contribution in [0.2, 0.25) is 0 Å².